The summed E-state index contributed by atoms with van der Waals surface area (Å²) < 4.78 is 0. The van der Waals surface area contributed by atoms with Crippen molar-refractivity contribution >= 4 is 53.7 Å². The van der Waals surface area contributed by atoms with E-state index in [0.717, 1.165) is 57.7 Å². The summed E-state index contributed by atoms with van der Waals surface area (Å²) in [6.45, 7) is 8.81. The largest absolute Gasteiger partial charge is 0.340 e. The Morgan fingerprint density at radius 2 is 1.65 bits per heavy atom. The number of piperazine rings is 1. The number of halogens is 2. The van der Waals surface area contributed by atoms with E-state index in [1.165, 1.54) is 21.2 Å². The fourth-order valence-corrected chi connectivity index (χ4v) is 5.22. The first kappa shape index (κ1) is 26.0. The summed E-state index contributed by atoms with van der Waals surface area (Å²) >= 11 is 1.81. The van der Waals surface area contributed by atoms with Crippen LogP contribution in [0.15, 0.2) is 52.3 Å². The van der Waals surface area contributed by atoms with Crippen molar-refractivity contribution in [2.75, 3.05) is 51.2 Å². The molecular weight excluding hydrogens is 449 g/mol. The van der Waals surface area contributed by atoms with E-state index in [1.54, 1.807) is 0 Å². The molecule has 0 unspecified atom stereocenters. The van der Waals surface area contributed by atoms with Gasteiger partial charge in [-0.25, -0.2) is 0 Å². The number of hydrogen-bond donors (Lipinski definition) is 0. The maximum atomic E-state index is 12.5. The van der Waals surface area contributed by atoms with Crippen LogP contribution in [0.1, 0.15) is 36.5 Å². The van der Waals surface area contributed by atoms with E-state index in [0.29, 0.717) is 6.42 Å². The number of fused-ring (bicyclic) bond motifs is 2. The number of carbonyl (C=O) groups is 1. The number of para-hydroxylation sites is 1. The van der Waals surface area contributed by atoms with Gasteiger partial charge in [0.2, 0.25) is 0 Å². The molecule has 0 aliphatic carbocycles. The highest BCUT2D eigenvalue weighted by Crippen LogP contribution is 2.48. The van der Waals surface area contributed by atoms with Crippen LogP contribution in [0.4, 0.5) is 11.4 Å². The Labute approximate surface area is 203 Å². The van der Waals surface area contributed by atoms with Gasteiger partial charge < -0.3 is 14.7 Å². The third kappa shape index (κ3) is 6.17. The molecule has 0 amide bonds. The van der Waals surface area contributed by atoms with E-state index in [2.05, 4.69) is 65.1 Å². The molecule has 2 aromatic carbocycles. The SMILES string of the molecule is CCCC(=O)c1ccc2c(c1)N(CCCN1CCN(C)CC1)c1ccccc1S2.Cl.Cl. The number of hydrogen-bond acceptors (Lipinski definition) is 5. The van der Waals surface area contributed by atoms with Gasteiger partial charge in [-0.05, 0) is 50.7 Å². The molecule has 0 saturated carbocycles. The Balaban J connectivity index is 0.00000171. The van der Waals surface area contributed by atoms with E-state index in [4.69, 9.17) is 0 Å². The molecule has 31 heavy (non-hydrogen) atoms. The minimum absolute atomic E-state index is 0. The lowest BCUT2D eigenvalue weighted by molar-refractivity contribution is 0.0981. The molecule has 2 heterocycles. The van der Waals surface area contributed by atoms with Crippen molar-refractivity contribution in [3.63, 3.8) is 0 Å². The molecule has 1 saturated heterocycles. The average molecular weight is 483 g/mol. The van der Waals surface area contributed by atoms with Crippen molar-refractivity contribution in [2.45, 2.75) is 36.0 Å². The third-order valence-electron chi connectivity index (χ3n) is 5.88. The predicted molar refractivity (Wildman–Crippen MR) is 136 cm³/mol. The van der Waals surface area contributed by atoms with Crippen molar-refractivity contribution in [3.8, 4) is 0 Å². The van der Waals surface area contributed by atoms with Gasteiger partial charge >= 0.3 is 0 Å². The summed E-state index contributed by atoms with van der Waals surface area (Å²) in [7, 11) is 2.20. The van der Waals surface area contributed by atoms with Crippen molar-refractivity contribution in [3.05, 3.63) is 48.0 Å². The maximum Gasteiger partial charge on any atom is 0.162 e. The van der Waals surface area contributed by atoms with Crippen LogP contribution in [0.5, 0.6) is 0 Å². The van der Waals surface area contributed by atoms with Crippen molar-refractivity contribution in [1.82, 2.24) is 9.80 Å². The van der Waals surface area contributed by atoms with Crippen LogP contribution in [0.2, 0.25) is 0 Å². The Hall–Kier alpha value is -1.24. The standard InChI is InChI=1S/C24H31N3OS.2ClH/c1-3-7-22(28)19-10-11-24-21(18-19)27(20-8-4-5-9-23(20)29-24)13-6-12-26-16-14-25(2)15-17-26;;/h4-5,8-11,18H,3,6-7,12-17H2,1-2H3;2*1H. The lowest BCUT2D eigenvalue weighted by atomic mass is 10.1. The number of carbonyl (C=O) groups excluding carboxylic acids is 1. The molecule has 2 aromatic rings. The van der Waals surface area contributed by atoms with E-state index >= 15 is 0 Å². The van der Waals surface area contributed by atoms with Gasteiger partial charge in [0, 0.05) is 54.5 Å². The summed E-state index contributed by atoms with van der Waals surface area (Å²) in [6.07, 6.45) is 2.63. The van der Waals surface area contributed by atoms with Crippen LogP contribution in [-0.4, -0.2) is 61.9 Å². The number of nitrogens with zero attached hydrogens (tertiary/aromatic N) is 3. The van der Waals surface area contributed by atoms with Crippen LogP contribution >= 0.6 is 36.6 Å². The number of benzene rings is 2. The highest BCUT2D eigenvalue weighted by molar-refractivity contribution is 7.99. The molecule has 7 heteroatoms. The van der Waals surface area contributed by atoms with Gasteiger partial charge in [-0.3, -0.25) is 4.79 Å². The van der Waals surface area contributed by atoms with E-state index in [9.17, 15) is 4.79 Å². The molecule has 4 rings (SSSR count). The van der Waals surface area contributed by atoms with Crippen LogP contribution in [0.25, 0.3) is 0 Å². The van der Waals surface area contributed by atoms with Gasteiger partial charge in [0.15, 0.2) is 5.78 Å². The summed E-state index contributed by atoms with van der Waals surface area (Å²) in [6, 6.07) is 14.9. The van der Waals surface area contributed by atoms with E-state index < -0.39 is 0 Å². The molecule has 0 aromatic heterocycles. The monoisotopic (exact) mass is 481 g/mol. The maximum absolute atomic E-state index is 12.5. The van der Waals surface area contributed by atoms with Crippen LogP contribution in [0.3, 0.4) is 0 Å². The number of Topliss-reactive ketones (excluding diaryl/α,β-unsaturated/α-hetero) is 1. The second-order valence-electron chi connectivity index (χ2n) is 8.08. The summed E-state index contributed by atoms with van der Waals surface area (Å²) in [4.78, 5) is 22.4. The predicted octanol–water partition coefficient (Wildman–Crippen LogP) is 5.75. The molecule has 0 atom stereocenters. The first-order valence-corrected chi connectivity index (χ1v) is 11.6. The van der Waals surface area contributed by atoms with Gasteiger partial charge in [0.05, 0.1) is 11.4 Å². The molecule has 0 spiro atoms. The van der Waals surface area contributed by atoms with Crippen molar-refractivity contribution < 1.29 is 4.79 Å². The van der Waals surface area contributed by atoms with Gasteiger partial charge in [0.1, 0.15) is 0 Å². The first-order chi connectivity index (χ1) is 14.2. The molecule has 0 N–H and O–H groups in total. The zero-order valence-corrected chi connectivity index (χ0v) is 20.8. The van der Waals surface area contributed by atoms with Crippen LogP contribution < -0.4 is 4.90 Å². The van der Waals surface area contributed by atoms with Gasteiger partial charge in [-0.2, -0.15) is 0 Å². The van der Waals surface area contributed by atoms with E-state index in [1.807, 2.05) is 17.8 Å². The second kappa shape index (κ2) is 12.1. The zero-order valence-electron chi connectivity index (χ0n) is 18.4. The normalized spacial score (nSPS) is 16.0. The van der Waals surface area contributed by atoms with Crippen LogP contribution in [-0.2, 0) is 0 Å². The Morgan fingerprint density at radius 3 is 2.39 bits per heavy atom. The molecule has 4 nitrogen and oxygen atoms in total. The highest BCUT2D eigenvalue weighted by Gasteiger charge is 2.24. The highest BCUT2D eigenvalue weighted by atomic mass is 35.5. The van der Waals surface area contributed by atoms with Crippen molar-refractivity contribution in [2.24, 2.45) is 0 Å². The topological polar surface area (TPSA) is 26.8 Å². The Kier molecular flexibility index (Phi) is 10.2. The number of anilines is 2. The fourth-order valence-electron chi connectivity index (χ4n) is 4.14. The Bertz CT molecular complexity index is 872. The lowest BCUT2D eigenvalue weighted by Gasteiger charge is -2.35. The number of ketones is 1. The van der Waals surface area contributed by atoms with E-state index in [-0.39, 0.29) is 30.6 Å². The lowest BCUT2D eigenvalue weighted by Crippen LogP contribution is -2.45. The first-order valence-electron chi connectivity index (χ1n) is 10.8. The second-order valence-corrected chi connectivity index (χ2v) is 9.16. The number of likely N-dealkylation sites (N-methyl/N-ethyl adjacent to an activating group) is 1. The molecular formula is C24H33Cl2N3OS. The molecule has 2 aliphatic heterocycles. The zero-order chi connectivity index (χ0) is 20.2. The van der Waals surface area contributed by atoms with Gasteiger partial charge in [-0.1, -0.05) is 36.9 Å². The number of rotatable bonds is 7. The third-order valence-corrected chi connectivity index (χ3v) is 7.01. The van der Waals surface area contributed by atoms with Crippen molar-refractivity contribution in [1.29, 1.82) is 0 Å². The summed E-state index contributed by atoms with van der Waals surface area (Å²) in [5.41, 5.74) is 3.30. The minimum Gasteiger partial charge on any atom is -0.340 e. The smallest absolute Gasteiger partial charge is 0.162 e. The van der Waals surface area contributed by atoms with Gasteiger partial charge in [0.25, 0.3) is 0 Å². The fraction of sp³-hybridized carbons (Fsp3) is 0.458. The van der Waals surface area contributed by atoms with Crippen LogP contribution in [0, 0.1) is 0 Å². The van der Waals surface area contributed by atoms with Gasteiger partial charge in [-0.15, -0.1) is 24.8 Å². The molecule has 0 radical (unpaired) electrons. The average Bonchev–Trinajstić information content (AvgIpc) is 2.74. The molecule has 0 bridgehead atoms. The summed E-state index contributed by atoms with van der Waals surface area (Å²) in [5, 5.41) is 0. The Morgan fingerprint density at radius 1 is 0.935 bits per heavy atom. The quantitative estimate of drug-likeness (QED) is 0.468. The molecule has 170 valence electrons. The minimum atomic E-state index is 0. The molecule has 1 fully saturated rings. The molecule has 2 aliphatic rings. The summed E-state index contributed by atoms with van der Waals surface area (Å²) in [5.74, 6) is 0.247.